The fourth-order valence-corrected chi connectivity index (χ4v) is 3.25. The lowest BCUT2D eigenvalue weighted by molar-refractivity contribution is 0.0954. The largest absolute Gasteiger partial charge is 0.508 e. The molecule has 1 fully saturated rings. The molecular weight excluding hydrogens is 358 g/mol. The Bertz CT molecular complexity index is 766. The second-order valence-electron chi connectivity index (χ2n) is 6.67. The van der Waals surface area contributed by atoms with Gasteiger partial charge in [-0.2, -0.15) is 5.10 Å². The van der Waals surface area contributed by atoms with E-state index in [9.17, 15) is 9.90 Å². The number of piperidine rings is 1. The molecule has 1 aromatic carbocycles. The van der Waals surface area contributed by atoms with Gasteiger partial charge in [-0.05, 0) is 44.0 Å². The monoisotopic (exact) mass is 385 g/mol. The maximum absolute atomic E-state index is 12.1. The van der Waals surface area contributed by atoms with Crippen LogP contribution in [0.25, 0.3) is 0 Å². The number of aromatic nitrogens is 3. The van der Waals surface area contributed by atoms with E-state index in [4.69, 9.17) is 0 Å². The van der Waals surface area contributed by atoms with E-state index in [0.29, 0.717) is 24.6 Å². The molecule has 0 spiro atoms. The molecule has 2 heterocycles. The summed E-state index contributed by atoms with van der Waals surface area (Å²) in [7, 11) is 0. The summed E-state index contributed by atoms with van der Waals surface area (Å²) in [5.74, 6) is 2.21. The van der Waals surface area contributed by atoms with Gasteiger partial charge in [-0.25, -0.2) is 4.98 Å². The van der Waals surface area contributed by atoms with Gasteiger partial charge in [0.15, 0.2) is 5.96 Å². The number of aromatic hydroxyl groups is 1. The van der Waals surface area contributed by atoms with Crippen molar-refractivity contribution in [3.8, 4) is 5.75 Å². The first-order valence-corrected chi connectivity index (χ1v) is 9.63. The van der Waals surface area contributed by atoms with Gasteiger partial charge in [-0.1, -0.05) is 0 Å². The van der Waals surface area contributed by atoms with E-state index < -0.39 is 0 Å². The molecule has 9 heteroatoms. The number of aromatic amines is 1. The number of likely N-dealkylation sites (tertiary alicyclic amines) is 1. The minimum atomic E-state index is -0.173. The first-order valence-electron chi connectivity index (χ1n) is 9.63. The van der Waals surface area contributed by atoms with Gasteiger partial charge in [0.25, 0.3) is 5.91 Å². The molecule has 150 valence electrons. The van der Waals surface area contributed by atoms with Crippen LogP contribution in [0.15, 0.2) is 35.6 Å². The average molecular weight is 385 g/mol. The summed E-state index contributed by atoms with van der Waals surface area (Å²) in [5, 5.41) is 22.4. The van der Waals surface area contributed by atoms with Gasteiger partial charge in [0.1, 0.15) is 17.9 Å². The number of hydrogen-bond acceptors (Lipinski definition) is 5. The second kappa shape index (κ2) is 9.72. The highest BCUT2D eigenvalue weighted by Crippen LogP contribution is 2.24. The standard InChI is InChI=1S/C19H27N7O2/c1-2-20-19(26-11-7-14(8-12-26)17-23-13-24-25-17)22-10-9-21-18(28)15-3-5-16(27)6-4-15/h3-6,13-14,27H,2,7-12H2,1H3,(H,20,22)(H,21,28)(H,23,24,25). The summed E-state index contributed by atoms with van der Waals surface area (Å²) in [6.07, 6.45) is 3.55. The number of phenolic OH excluding ortho intramolecular Hbond substituents is 1. The number of nitrogens with one attached hydrogen (secondary N) is 3. The van der Waals surface area contributed by atoms with Crippen LogP contribution in [0.1, 0.15) is 41.9 Å². The van der Waals surface area contributed by atoms with Crippen LogP contribution in [-0.2, 0) is 0 Å². The molecule has 0 bridgehead atoms. The van der Waals surface area contributed by atoms with Gasteiger partial charge in [-0.15, -0.1) is 0 Å². The Hall–Kier alpha value is -3.10. The smallest absolute Gasteiger partial charge is 0.251 e. The van der Waals surface area contributed by atoms with E-state index in [1.54, 1.807) is 18.5 Å². The van der Waals surface area contributed by atoms with E-state index in [1.165, 1.54) is 12.1 Å². The van der Waals surface area contributed by atoms with Crippen LogP contribution in [0.3, 0.4) is 0 Å². The highest BCUT2D eigenvalue weighted by Gasteiger charge is 2.24. The molecule has 0 radical (unpaired) electrons. The zero-order chi connectivity index (χ0) is 19.8. The Kier molecular flexibility index (Phi) is 6.83. The topological polar surface area (TPSA) is 119 Å². The van der Waals surface area contributed by atoms with Gasteiger partial charge >= 0.3 is 0 Å². The molecule has 28 heavy (non-hydrogen) atoms. The van der Waals surface area contributed by atoms with Crippen molar-refractivity contribution in [2.24, 2.45) is 4.99 Å². The minimum Gasteiger partial charge on any atom is -0.508 e. The third-order valence-corrected chi connectivity index (χ3v) is 4.74. The lowest BCUT2D eigenvalue weighted by Gasteiger charge is -2.33. The molecule has 4 N–H and O–H groups in total. The zero-order valence-electron chi connectivity index (χ0n) is 16.1. The molecular formula is C19H27N7O2. The number of guanidine groups is 1. The number of carbonyl (C=O) groups excluding carboxylic acids is 1. The summed E-state index contributed by atoms with van der Waals surface area (Å²) >= 11 is 0. The second-order valence-corrected chi connectivity index (χ2v) is 6.67. The number of H-pyrrole nitrogens is 1. The van der Waals surface area contributed by atoms with Crippen LogP contribution in [0, 0.1) is 0 Å². The number of phenols is 1. The van der Waals surface area contributed by atoms with Crippen LogP contribution in [-0.4, -0.2) is 69.8 Å². The number of hydrogen-bond donors (Lipinski definition) is 4. The van der Waals surface area contributed by atoms with Crippen LogP contribution < -0.4 is 10.6 Å². The Labute approximate surface area is 164 Å². The SMILES string of the molecule is CCNC(=NCCNC(=O)c1ccc(O)cc1)N1CCC(c2ncn[nH]2)CC1. The maximum atomic E-state index is 12.1. The van der Waals surface area contributed by atoms with Crippen molar-refractivity contribution < 1.29 is 9.90 Å². The third-order valence-electron chi connectivity index (χ3n) is 4.74. The van der Waals surface area contributed by atoms with Crippen molar-refractivity contribution >= 4 is 11.9 Å². The van der Waals surface area contributed by atoms with E-state index >= 15 is 0 Å². The predicted molar refractivity (Wildman–Crippen MR) is 106 cm³/mol. The van der Waals surface area contributed by atoms with Crippen molar-refractivity contribution in [2.45, 2.75) is 25.7 Å². The van der Waals surface area contributed by atoms with Gasteiger partial charge in [0, 0.05) is 37.7 Å². The van der Waals surface area contributed by atoms with E-state index in [1.807, 2.05) is 6.92 Å². The highest BCUT2D eigenvalue weighted by molar-refractivity contribution is 5.94. The van der Waals surface area contributed by atoms with Crippen LogP contribution in [0.2, 0.25) is 0 Å². The molecule has 1 aromatic heterocycles. The summed E-state index contributed by atoms with van der Waals surface area (Å²) in [6.45, 7) is 5.58. The van der Waals surface area contributed by atoms with Crippen molar-refractivity contribution in [2.75, 3.05) is 32.7 Å². The third kappa shape index (κ3) is 5.21. The molecule has 0 unspecified atom stereocenters. The summed E-state index contributed by atoms with van der Waals surface area (Å²) < 4.78 is 0. The van der Waals surface area contributed by atoms with Crippen LogP contribution in [0.4, 0.5) is 0 Å². The number of benzene rings is 1. The number of amides is 1. The Morgan fingerprint density at radius 3 is 2.68 bits per heavy atom. The maximum Gasteiger partial charge on any atom is 0.251 e. The quantitative estimate of drug-likeness (QED) is 0.336. The molecule has 1 aliphatic heterocycles. The van der Waals surface area contributed by atoms with Gasteiger partial charge in [0.05, 0.1) is 6.54 Å². The van der Waals surface area contributed by atoms with E-state index in [-0.39, 0.29) is 11.7 Å². The van der Waals surface area contributed by atoms with Gasteiger partial charge in [0.2, 0.25) is 0 Å². The number of carbonyl (C=O) groups is 1. The van der Waals surface area contributed by atoms with Crippen LogP contribution in [0.5, 0.6) is 5.75 Å². The molecule has 2 aromatic rings. The molecule has 1 amide bonds. The average Bonchev–Trinajstić information content (AvgIpc) is 3.26. The van der Waals surface area contributed by atoms with Crippen molar-refractivity contribution in [1.29, 1.82) is 0 Å². The Morgan fingerprint density at radius 1 is 1.29 bits per heavy atom. The Morgan fingerprint density at radius 2 is 2.04 bits per heavy atom. The minimum absolute atomic E-state index is 0.142. The molecule has 0 aliphatic carbocycles. The number of rotatable bonds is 6. The first kappa shape index (κ1) is 19.7. The highest BCUT2D eigenvalue weighted by atomic mass is 16.3. The number of aliphatic imine (C=N–C) groups is 1. The molecule has 9 nitrogen and oxygen atoms in total. The summed E-state index contributed by atoms with van der Waals surface area (Å²) in [4.78, 5) is 23.3. The van der Waals surface area contributed by atoms with Crippen molar-refractivity contribution in [1.82, 2.24) is 30.7 Å². The molecule has 3 rings (SSSR count). The molecule has 1 saturated heterocycles. The number of nitrogens with zero attached hydrogens (tertiary/aromatic N) is 4. The lowest BCUT2D eigenvalue weighted by Crippen LogP contribution is -2.45. The van der Waals surface area contributed by atoms with Gasteiger partial charge < -0.3 is 20.6 Å². The lowest BCUT2D eigenvalue weighted by atomic mass is 9.96. The fourth-order valence-electron chi connectivity index (χ4n) is 3.25. The molecule has 1 aliphatic rings. The van der Waals surface area contributed by atoms with Gasteiger partial charge in [-0.3, -0.25) is 14.9 Å². The van der Waals surface area contributed by atoms with Crippen molar-refractivity contribution in [3.63, 3.8) is 0 Å². The van der Waals surface area contributed by atoms with E-state index in [0.717, 1.165) is 44.3 Å². The summed E-state index contributed by atoms with van der Waals surface area (Å²) in [6, 6.07) is 6.19. The molecule has 0 saturated carbocycles. The fraction of sp³-hybridized carbons (Fsp3) is 0.474. The van der Waals surface area contributed by atoms with Crippen molar-refractivity contribution in [3.05, 3.63) is 42.0 Å². The molecule has 0 atom stereocenters. The normalized spacial score (nSPS) is 15.5. The van der Waals surface area contributed by atoms with E-state index in [2.05, 4.69) is 35.7 Å². The summed E-state index contributed by atoms with van der Waals surface area (Å²) in [5.41, 5.74) is 0.517. The zero-order valence-corrected chi connectivity index (χ0v) is 16.1. The van der Waals surface area contributed by atoms with Crippen LogP contribution >= 0.6 is 0 Å². The Balaban J connectivity index is 1.47. The predicted octanol–water partition coefficient (Wildman–Crippen LogP) is 1.09. The first-order chi connectivity index (χ1) is 13.7.